The first-order valence-corrected chi connectivity index (χ1v) is 6.25. The molecule has 0 radical (unpaired) electrons. The zero-order chi connectivity index (χ0) is 15.2. The average Bonchev–Trinajstić information content (AvgIpc) is 2.93. The molecule has 0 bridgehead atoms. The van der Waals surface area contributed by atoms with Crippen molar-refractivity contribution in [1.29, 1.82) is 0 Å². The van der Waals surface area contributed by atoms with Gasteiger partial charge in [-0.05, 0) is 19.1 Å². The highest BCUT2D eigenvalue weighted by Gasteiger charge is 2.21. The fourth-order valence-corrected chi connectivity index (χ4v) is 1.75. The molecule has 0 spiro atoms. The van der Waals surface area contributed by atoms with E-state index in [0.717, 1.165) is 0 Å². The van der Waals surface area contributed by atoms with Gasteiger partial charge in [0.05, 0.1) is 17.7 Å². The van der Waals surface area contributed by atoms with Crippen LogP contribution in [0.2, 0.25) is 0 Å². The van der Waals surface area contributed by atoms with Crippen LogP contribution in [0, 0.1) is 6.92 Å². The van der Waals surface area contributed by atoms with Crippen LogP contribution >= 0.6 is 0 Å². The van der Waals surface area contributed by atoms with Crippen LogP contribution in [-0.4, -0.2) is 38.1 Å². The highest BCUT2D eigenvalue weighted by molar-refractivity contribution is 5.92. The van der Waals surface area contributed by atoms with E-state index in [0.29, 0.717) is 17.1 Å². The van der Waals surface area contributed by atoms with E-state index in [1.807, 2.05) is 0 Å². The van der Waals surface area contributed by atoms with Crippen LogP contribution < -0.4 is 10.6 Å². The fourth-order valence-electron chi connectivity index (χ4n) is 1.75. The summed E-state index contributed by atoms with van der Waals surface area (Å²) in [6.07, 6.45) is 4.69. The Balaban J connectivity index is 1.98. The summed E-state index contributed by atoms with van der Waals surface area (Å²) in [6, 6.07) is 1.72. The van der Waals surface area contributed by atoms with Gasteiger partial charge in [0.25, 0.3) is 0 Å². The van der Waals surface area contributed by atoms with Crippen LogP contribution in [0.4, 0.5) is 10.5 Å². The number of aliphatic carboxylic acids is 1. The van der Waals surface area contributed by atoms with Crippen LogP contribution in [0.25, 0.3) is 0 Å². The van der Waals surface area contributed by atoms with Crippen LogP contribution in [0.5, 0.6) is 0 Å². The lowest BCUT2D eigenvalue weighted by Gasteiger charge is -2.15. The summed E-state index contributed by atoms with van der Waals surface area (Å²) in [6.45, 7) is 1.74. The summed E-state index contributed by atoms with van der Waals surface area (Å²) in [5, 5.41) is 14.1. The summed E-state index contributed by atoms with van der Waals surface area (Å²) in [5.74, 6) is -1.12. The minimum atomic E-state index is -1.12. The van der Waals surface area contributed by atoms with Gasteiger partial charge in [0, 0.05) is 24.5 Å². The van der Waals surface area contributed by atoms with Gasteiger partial charge in [-0.3, -0.25) is 4.98 Å². The molecule has 1 atom stereocenters. The van der Waals surface area contributed by atoms with E-state index < -0.39 is 18.0 Å². The number of carbonyl (C=O) groups excluding carboxylic acids is 1. The molecule has 0 aromatic carbocycles. The van der Waals surface area contributed by atoms with Gasteiger partial charge in [0.2, 0.25) is 0 Å². The third kappa shape index (κ3) is 4.03. The van der Waals surface area contributed by atoms with E-state index in [4.69, 9.17) is 5.11 Å². The molecule has 21 heavy (non-hydrogen) atoms. The van der Waals surface area contributed by atoms with Crippen LogP contribution in [0.1, 0.15) is 11.4 Å². The van der Waals surface area contributed by atoms with Gasteiger partial charge >= 0.3 is 12.0 Å². The van der Waals surface area contributed by atoms with Crippen molar-refractivity contribution in [2.24, 2.45) is 0 Å². The van der Waals surface area contributed by atoms with Crippen molar-refractivity contribution >= 4 is 17.7 Å². The minimum Gasteiger partial charge on any atom is -0.480 e. The first kappa shape index (κ1) is 14.5. The Morgan fingerprint density at radius 3 is 2.90 bits per heavy atom. The van der Waals surface area contributed by atoms with Crippen LogP contribution in [0.15, 0.2) is 30.9 Å². The number of amides is 2. The number of carboxylic acids is 1. The van der Waals surface area contributed by atoms with E-state index in [2.05, 4.69) is 25.6 Å². The Labute approximate surface area is 120 Å². The van der Waals surface area contributed by atoms with Crippen molar-refractivity contribution in [3.05, 3.63) is 42.2 Å². The number of carbonyl (C=O) groups is 2. The monoisotopic (exact) mass is 289 g/mol. The number of H-pyrrole nitrogens is 1. The topological polar surface area (TPSA) is 120 Å². The lowest BCUT2D eigenvalue weighted by molar-refractivity contribution is -0.139. The number of hydrogen-bond acceptors (Lipinski definition) is 4. The number of aryl methyl sites for hydroxylation is 1. The molecule has 0 aliphatic rings. The predicted molar refractivity (Wildman–Crippen MR) is 74.8 cm³/mol. The average molecular weight is 289 g/mol. The number of nitrogens with zero attached hydrogens (tertiary/aromatic N) is 2. The van der Waals surface area contributed by atoms with Crippen LogP contribution in [-0.2, 0) is 11.2 Å². The number of anilines is 1. The van der Waals surface area contributed by atoms with Gasteiger partial charge in [-0.25, -0.2) is 14.6 Å². The number of urea groups is 1. The van der Waals surface area contributed by atoms with Gasteiger partial charge in [-0.1, -0.05) is 0 Å². The van der Waals surface area contributed by atoms with Gasteiger partial charge < -0.3 is 20.7 Å². The Morgan fingerprint density at radius 2 is 2.29 bits per heavy atom. The summed E-state index contributed by atoms with van der Waals surface area (Å²) in [7, 11) is 0. The molecule has 8 nitrogen and oxygen atoms in total. The lowest BCUT2D eigenvalue weighted by Crippen LogP contribution is -2.44. The third-order valence-corrected chi connectivity index (χ3v) is 2.84. The molecule has 0 aliphatic carbocycles. The molecule has 2 amide bonds. The maximum Gasteiger partial charge on any atom is 0.326 e. The molecule has 2 aromatic heterocycles. The number of pyridine rings is 1. The molecule has 8 heteroatoms. The second-order valence-electron chi connectivity index (χ2n) is 4.41. The molecular weight excluding hydrogens is 274 g/mol. The second-order valence-corrected chi connectivity index (χ2v) is 4.41. The molecule has 0 fully saturated rings. The molecule has 4 N–H and O–H groups in total. The van der Waals surface area contributed by atoms with E-state index >= 15 is 0 Å². The molecule has 2 heterocycles. The van der Waals surface area contributed by atoms with E-state index in [1.54, 1.807) is 25.3 Å². The fraction of sp³-hybridized carbons (Fsp3) is 0.231. The minimum absolute atomic E-state index is 0.120. The maximum atomic E-state index is 11.9. The Kier molecular flexibility index (Phi) is 4.50. The van der Waals surface area contributed by atoms with E-state index in [1.165, 1.54) is 12.5 Å². The zero-order valence-corrected chi connectivity index (χ0v) is 11.3. The van der Waals surface area contributed by atoms with Gasteiger partial charge in [0.1, 0.15) is 6.04 Å². The summed E-state index contributed by atoms with van der Waals surface area (Å²) < 4.78 is 0. The molecule has 0 aliphatic heterocycles. The first-order valence-electron chi connectivity index (χ1n) is 6.25. The summed E-state index contributed by atoms with van der Waals surface area (Å²) >= 11 is 0. The predicted octanol–water partition coefficient (Wildman–Crippen LogP) is 0.931. The lowest BCUT2D eigenvalue weighted by atomic mass is 10.1. The summed E-state index contributed by atoms with van der Waals surface area (Å²) in [4.78, 5) is 33.7. The first-order chi connectivity index (χ1) is 10.1. The standard InChI is InChI=1S/C13H15N5O3/c1-8-10(3-2-4-15-8)17-13(21)18-11(12(19)20)5-9-6-14-7-16-9/h2-4,6-7,11H,5H2,1H3,(H,14,16)(H,19,20)(H2,17,18,21)/t11-/m1/s1. The number of aromatic amines is 1. The van der Waals surface area contributed by atoms with E-state index in [9.17, 15) is 9.59 Å². The molecule has 0 saturated heterocycles. The van der Waals surface area contributed by atoms with Crippen molar-refractivity contribution in [3.63, 3.8) is 0 Å². The summed E-state index contributed by atoms with van der Waals surface area (Å²) in [5.41, 5.74) is 1.80. The normalized spacial score (nSPS) is 11.7. The Bertz CT molecular complexity index is 626. The molecular formula is C13H15N5O3. The van der Waals surface area contributed by atoms with E-state index in [-0.39, 0.29) is 6.42 Å². The zero-order valence-electron chi connectivity index (χ0n) is 11.3. The van der Waals surface area contributed by atoms with Crippen molar-refractivity contribution in [2.75, 3.05) is 5.32 Å². The number of carboxylic acid groups (broad SMARTS) is 1. The molecule has 0 saturated carbocycles. The van der Waals surface area contributed by atoms with Crippen molar-refractivity contribution < 1.29 is 14.7 Å². The van der Waals surface area contributed by atoms with Gasteiger partial charge in [0.15, 0.2) is 0 Å². The Morgan fingerprint density at radius 1 is 1.48 bits per heavy atom. The largest absolute Gasteiger partial charge is 0.480 e. The number of hydrogen-bond donors (Lipinski definition) is 4. The number of rotatable bonds is 5. The molecule has 0 unspecified atom stereocenters. The number of aromatic nitrogens is 3. The molecule has 110 valence electrons. The SMILES string of the molecule is Cc1ncccc1NC(=O)N[C@H](Cc1cnc[nH]1)C(=O)O. The number of imidazole rings is 1. The third-order valence-electron chi connectivity index (χ3n) is 2.84. The molecule has 2 aromatic rings. The smallest absolute Gasteiger partial charge is 0.326 e. The van der Waals surface area contributed by atoms with Crippen LogP contribution in [0.3, 0.4) is 0 Å². The number of nitrogens with one attached hydrogen (secondary N) is 3. The van der Waals surface area contributed by atoms with Crippen molar-refractivity contribution in [2.45, 2.75) is 19.4 Å². The maximum absolute atomic E-state index is 11.9. The van der Waals surface area contributed by atoms with Gasteiger partial charge in [-0.2, -0.15) is 0 Å². The molecule has 2 rings (SSSR count). The van der Waals surface area contributed by atoms with Gasteiger partial charge in [-0.15, -0.1) is 0 Å². The Hall–Kier alpha value is -2.90. The highest BCUT2D eigenvalue weighted by Crippen LogP contribution is 2.10. The van der Waals surface area contributed by atoms with Crippen molar-refractivity contribution in [3.8, 4) is 0 Å². The highest BCUT2D eigenvalue weighted by atomic mass is 16.4. The second kappa shape index (κ2) is 6.51. The quantitative estimate of drug-likeness (QED) is 0.652. The van der Waals surface area contributed by atoms with Crippen molar-refractivity contribution in [1.82, 2.24) is 20.3 Å².